The van der Waals surface area contributed by atoms with E-state index in [4.69, 9.17) is 4.74 Å². The van der Waals surface area contributed by atoms with E-state index >= 15 is 0 Å². The Kier molecular flexibility index (Phi) is 4.61. The topological polar surface area (TPSA) is 55.6 Å². The molecule has 0 saturated carbocycles. The van der Waals surface area contributed by atoms with Crippen molar-refractivity contribution in [2.75, 3.05) is 18.5 Å². The molecule has 0 spiro atoms. The van der Waals surface area contributed by atoms with Gasteiger partial charge in [-0.3, -0.25) is 9.20 Å². The highest BCUT2D eigenvalue weighted by atomic mass is 16.5. The number of imidazole rings is 1. The molecular formula is C15H21N3O2. The second-order valence-electron chi connectivity index (χ2n) is 4.75. The number of carbonyl (C=O) groups is 1. The van der Waals surface area contributed by atoms with E-state index in [1.807, 2.05) is 29.7 Å². The van der Waals surface area contributed by atoms with Crippen molar-refractivity contribution in [2.45, 2.75) is 33.6 Å². The predicted octanol–water partition coefficient (Wildman–Crippen LogP) is 2.57. The van der Waals surface area contributed by atoms with Crippen molar-refractivity contribution in [1.29, 1.82) is 0 Å². The molecule has 0 fully saturated rings. The Morgan fingerprint density at radius 3 is 2.95 bits per heavy atom. The second-order valence-corrected chi connectivity index (χ2v) is 4.75. The highest BCUT2D eigenvalue weighted by molar-refractivity contribution is 5.75. The number of pyridine rings is 1. The number of fused-ring (bicyclic) bond motifs is 1. The third kappa shape index (κ3) is 3.10. The lowest BCUT2D eigenvalue weighted by Crippen LogP contribution is -2.18. The van der Waals surface area contributed by atoms with Crippen LogP contribution in [0.5, 0.6) is 0 Å². The van der Waals surface area contributed by atoms with Crippen LogP contribution in [0.2, 0.25) is 0 Å². The summed E-state index contributed by atoms with van der Waals surface area (Å²) in [4.78, 5) is 16.1. The zero-order valence-corrected chi connectivity index (χ0v) is 12.3. The molecule has 2 rings (SSSR count). The van der Waals surface area contributed by atoms with Gasteiger partial charge in [-0.1, -0.05) is 13.3 Å². The largest absolute Gasteiger partial charge is 0.465 e. The van der Waals surface area contributed by atoms with E-state index in [0.29, 0.717) is 6.61 Å². The maximum absolute atomic E-state index is 11.5. The Balaban J connectivity index is 2.28. The normalized spacial score (nSPS) is 10.8. The van der Waals surface area contributed by atoms with Gasteiger partial charge in [-0.25, -0.2) is 4.98 Å². The molecule has 108 valence electrons. The number of hydrogen-bond donors (Lipinski definition) is 1. The van der Waals surface area contributed by atoms with E-state index in [9.17, 15) is 4.79 Å². The summed E-state index contributed by atoms with van der Waals surface area (Å²) in [7, 11) is 0. The fraction of sp³-hybridized carbons (Fsp3) is 0.467. The van der Waals surface area contributed by atoms with Crippen LogP contribution in [0.15, 0.2) is 18.3 Å². The van der Waals surface area contributed by atoms with Crippen LogP contribution in [0.25, 0.3) is 5.65 Å². The summed E-state index contributed by atoms with van der Waals surface area (Å²) in [6.45, 7) is 6.52. The summed E-state index contributed by atoms with van der Waals surface area (Å²) in [5.41, 5.74) is 3.06. The number of aromatic nitrogens is 2. The number of anilines is 1. The Morgan fingerprint density at radius 2 is 2.25 bits per heavy atom. The molecule has 0 aromatic carbocycles. The molecule has 20 heavy (non-hydrogen) atoms. The van der Waals surface area contributed by atoms with Crippen molar-refractivity contribution in [3.05, 3.63) is 29.6 Å². The molecule has 0 bridgehead atoms. The fourth-order valence-corrected chi connectivity index (χ4v) is 2.16. The monoisotopic (exact) mass is 275 g/mol. The first kappa shape index (κ1) is 14.4. The van der Waals surface area contributed by atoms with Gasteiger partial charge in [0.25, 0.3) is 0 Å². The van der Waals surface area contributed by atoms with E-state index in [1.54, 1.807) is 6.92 Å². The molecule has 0 aliphatic heterocycles. The summed E-state index contributed by atoms with van der Waals surface area (Å²) in [5, 5.41) is 3.15. The van der Waals surface area contributed by atoms with Gasteiger partial charge in [-0.15, -0.1) is 0 Å². The van der Waals surface area contributed by atoms with Crippen LogP contribution in [0.4, 0.5) is 5.82 Å². The van der Waals surface area contributed by atoms with Crippen molar-refractivity contribution in [3.8, 4) is 0 Å². The molecule has 0 saturated heterocycles. The quantitative estimate of drug-likeness (QED) is 0.823. The highest BCUT2D eigenvalue weighted by Gasteiger charge is 2.12. The van der Waals surface area contributed by atoms with Gasteiger partial charge < -0.3 is 10.1 Å². The first-order valence-corrected chi connectivity index (χ1v) is 7.02. The van der Waals surface area contributed by atoms with Gasteiger partial charge in [0.15, 0.2) is 0 Å². The average molecular weight is 275 g/mol. The first-order valence-electron chi connectivity index (χ1n) is 7.02. The van der Waals surface area contributed by atoms with Gasteiger partial charge in [0.05, 0.1) is 12.3 Å². The maximum atomic E-state index is 11.5. The van der Waals surface area contributed by atoms with E-state index in [0.717, 1.165) is 30.0 Å². The van der Waals surface area contributed by atoms with Crippen LogP contribution in [0.1, 0.15) is 31.5 Å². The fourth-order valence-electron chi connectivity index (χ4n) is 2.16. The summed E-state index contributed by atoms with van der Waals surface area (Å²) in [6.07, 6.45) is 3.87. The van der Waals surface area contributed by atoms with Crippen LogP contribution in [0.3, 0.4) is 0 Å². The lowest BCUT2D eigenvalue weighted by Gasteiger charge is -2.08. The van der Waals surface area contributed by atoms with Gasteiger partial charge in [-0.2, -0.15) is 0 Å². The van der Waals surface area contributed by atoms with E-state index in [1.165, 1.54) is 5.56 Å². The minimum atomic E-state index is -0.253. The Hall–Kier alpha value is -2.04. The molecule has 2 aromatic heterocycles. The van der Waals surface area contributed by atoms with Gasteiger partial charge >= 0.3 is 5.97 Å². The van der Waals surface area contributed by atoms with E-state index in [2.05, 4.69) is 17.2 Å². The highest BCUT2D eigenvalue weighted by Crippen LogP contribution is 2.20. The lowest BCUT2D eigenvalue weighted by atomic mass is 10.2. The number of nitrogens with zero attached hydrogens (tertiary/aromatic N) is 2. The number of nitrogens with one attached hydrogen (secondary N) is 1. The minimum absolute atomic E-state index is 0.159. The summed E-state index contributed by atoms with van der Waals surface area (Å²) >= 11 is 0. The van der Waals surface area contributed by atoms with Gasteiger partial charge in [0.2, 0.25) is 0 Å². The number of aryl methyl sites for hydroxylation is 2. The molecule has 0 unspecified atom stereocenters. The standard InChI is InChI=1S/C15H21N3O2/c1-4-6-12-15(16-10-14(19)20-5-2)18-8-7-11(3)9-13(18)17-12/h7-9,16H,4-6,10H2,1-3H3. The molecule has 0 aliphatic rings. The van der Waals surface area contributed by atoms with Crippen molar-refractivity contribution in [1.82, 2.24) is 9.38 Å². The lowest BCUT2D eigenvalue weighted by molar-refractivity contribution is -0.140. The molecule has 0 radical (unpaired) electrons. The number of rotatable bonds is 6. The van der Waals surface area contributed by atoms with Gasteiger partial charge in [-0.05, 0) is 38.0 Å². The molecule has 1 N–H and O–H groups in total. The van der Waals surface area contributed by atoms with Crippen molar-refractivity contribution < 1.29 is 9.53 Å². The van der Waals surface area contributed by atoms with Crippen LogP contribution in [-0.4, -0.2) is 28.5 Å². The number of hydrogen-bond acceptors (Lipinski definition) is 4. The molecular weight excluding hydrogens is 254 g/mol. The third-order valence-corrected chi connectivity index (χ3v) is 3.05. The minimum Gasteiger partial charge on any atom is -0.465 e. The molecule has 2 heterocycles. The van der Waals surface area contributed by atoms with Crippen LogP contribution in [-0.2, 0) is 16.0 Å². The van der Waals surface area contributed by atoms with E-state index in [-0.39, 0.29) is 12.5 Å². The first-order chi connectivity index (χ1) is 9.65. The van der Waals surface area contributed by atoms with E-state index < -0.39 is 0 Å². The molecule has 0 atom stereocenters. The zero-order chi connectivity index (χ0) is 14.5. The van der Waals surface area contributed by atoms with Crippen molar-refractivity contribution in [3.63, 3.8) is 0 Å². The van der Waals surface area contributed by atoms with Gasteiger partial charge in [0, 0.05) is 6.20 Å². The number of carbonyl (C=O) groups excluding carboxylic acids is 1. The molecule has 0 amide bonds. The molecule has 5 nitrogen and oxygen atoms in total. The summed E-state index contributed by atoms with van der Waals surface area (Å²) < 4.78 is 6.92. The second kappa shape index (κ2) is 6.41. The molecule has 5 heteroatoms. The van der Waals surface area contributed by atoms with Crippen molar-refractivity contribution >= 4 is 17.4 Å². The predicted molar refractivity (Wildman–Crippen MR) is 79.0 cm³/mol. The Bertz CT molecular complexity index is 604. The smallest absolute Gasteiger partial charge is 0.325 e. The Morgan fingerprint density at radius 1 is 1.45 bits per heavy atom. The molecule has 2 aromatic rings. The summed E-state index contributed by atoms with van der Waals surface area (Å²) in [5.74, 6) is 0.631. The zero-order valence-electron chi connectivity index (χ0n) is 12.3. The van der Waals surface area contributed by atoms with Crippen LogP contribution < -0.4 is 5.32 Å². The number of ether oxygens (including phenoxy) is 1. The molecule has 0 aliphatic carbocycles. The maximum Gasteiger partial charge on any atom is 0.325 e. The summed E-state index contributed by atoms with van der Waals surface area (Å²) in [6, 6.07) is 4.06. The van der Waals surface area contributed by atoms with Gasteiger partial charge in [0.1, 0.15) is 18.0 Å². The van der Waals surface area contributed by atoms with Crippen LogP contribution >= 0.6 is 0 Å². The third-order valence-electron chi connectivity index (χ3n) is 3.05. The SMILES string of the molecule is CCCc1nc2cc(C)ccn2c1NCC(=O)OCC. The average Bonchev–Trinajstić information content (AvgIpc) is 2.74. The van der Waals surface area contributed by atoms with Crippen LogP contribution in [0, 0.1) is 6.92 Å². The Labute approximate surface area is 119 Å². The number of esters is 1. The van der Waals surface area contributed by atoms with Crippen molar-refractivity contribution in [2.24, 2.45) is 0 Å².